The molecule has 3 aliphatic rings. The zero-order chi connectivity index (χ0) is 26.2. The number of rotatable bonds is 8. The van der Waals surface area contributed by atoms with Gasteiger partial charge >= 0.3 is 27.3 Å². The number of esters is 2. The van der Waals surface area contributed by atoms with Crippen LogP contribution in [0.25, 0.3) is 0 Å². The van der Waals surface area contributed by atoms with Crippen molar-refractivity contribution in [3.63, 3.8) is 0 Å². The zero-order valence-electron chi connectivity index (χ0n) is 20.6. The van der Waals surface area contributed by atoms with E-state index in [4.69, 9.17) is 18.8 Å². The fourth-order valence-electron chi connectivity index (χ4n) is 5.71. The van der Waals surface area contributed by atoms with Crippen LogP contribution >= 0.6 is 0 Å². The lowest BCUT2D eigenvalue weighted by Gasteiger charge is -2.43. The van der Waals surface area contributed by atoms with Gasteiger partial charge in [0.15, 0.2) is 5.79 Å². The highest BCUT2D eigenvalue weighted by Crippen LogP contribution is 2.45. The van der Waals surface area contributed by atoms with Gasteiger partial charge in [0.05, 0.1) is 18.6 Å². The fourth-order valence-corrected chi connectivity index (χ4v) is 5.98. The Labute approximate surface area is 204 Å². The highest BCUT2D eigenvalue weighted by atomic mass is 32.2. The van der Waals surface area contributed by atoms with Crippen molar-refractivity contribution in [1.82, 2.24) is 0 Å². The largest absolute Gasteiger partial charge is 0.465 e. The number of hydrogen-bond donors (Lipinski definition) is 1. The second kappa shape index (κ2) is 10.5. The Kier molecular flexibility index (Phi) is 8.50. The minimum atomic E-state index is -5.97. The van der Waals surface area contributed by atoms with Gasteiger partial charge in [-0.05, 0) is 69.6 Å². The first-order valence-electron chi connectivity index (χ1n) is 12.1. The lowest BCUT2D eigenvalue weighted by atomic mass is 9.65. The molecule has 0 spiro atoms. The van der Waals surface area contributed by atoms with Gasteiger partial charge in [0.25, 0.3) is 0 Å². The minimum absolute atomic E-state index is 0.0369. The quantitative estimate of drug-likeness (QED) is 0.372. The van der Waals surface area contributed by atoms with Crippen molar-refractivity contribution < 1.29 is 50.3 Å². The summed E-state index contributed by atoms with van der Waals surface area (Å²) < 4.78 is 78.2. The maximum Gasteiger partial charge on any atom is 0.465 e. The maximum atomic E-state index is 13.4. The number of alkyl halides is 2. The number of hydrogen-bond acceptors (Lipinski definition) is 8. The van der Waals surface area contributed by atoms with Crippen molar-refractivity contribution >= 4 is 22.1 Å². The number of carbonyl (C=O) groups excluding carboxylic acids is 2. The topological polar surface area (TPSA) is 125 Å². The lowest BCUT2D eigenvalue weighted by Crippen LogP contribution is -2.48. The molecule has 12 heteroatoms. The Bertz CT molecular complexity index is 875. The van der Waals surface area contributed by atoms with Gasteiger partial charge in [-0.2, -0.15) is 17.2 Å². The molecule has 0 aromatic rings. The first-order valence-corrected chi connectivity index (χ1v) is 13.6. The Morgan fingerprint density at radius 3 is 2.14 bits per heavy atom. The van der Waals surface area contributed by atoms with Gasteiger partial charge in [0, 0.05) is 6.42 Å². The summed E-state index contributed by atoms with van der Waals surface area (Å²) in [5.74, 6) is -1.55. The van der Waals surface area contributed by atoms with Crippen molar-refractivity contribution in [2.24, 2.45) is 23.7 Å². The van der Waals surface area contributed by atoms with Gasteiger partial charge in [-0.1, -0.05) is 13.8 Å². The van der Waals surface area contributed by atoms with Gasteiger partial charge in [0.2, 0.25) is 0 Å². The molecular weight excluding hydrogens is 490 g/mol. The van der Waals surface area contributed by atoms with Crippen molar-refractivity contribution in [3.05, 3.63) is 0 Å². The van der Waals surface area contributed by atoms with Crippen LogP contribution in [-0.2, 0) is 38.7 Å². The van der Waals surface area contributed by atoms with Crippen LogP contribution in [0, 0.1) is 23.7 Å². The predicted molar refractivity (Wildman–Crippen MR) is 119 cm³/mol. The molecule has 2 bridgehead atoms. The number of carbonyl (C=O) groups is 2. The Morgan fingerprint density at radius 1 is 1.03 bits per heavy atom. The van der Waals surface area contributed by atoms with Gasteiger partial charge in [-0.25, -0.2) is 4.79 Å². The van der Waals surface area contributed by atoms with Crippen LogP contribution in [0.4, 0.5) is 8.78 Å². The molecule has 3 rings (SSSR count). The Morgan fingerprint density at radius 2 is 1.60 bits per heavy atom. The average molecular weight is 527 g/mol. The van der Waals surface area contributed by atoms with E-state index in [1.807, 2.05) is 0 Å². The van der Waals surface area contributed by atoms with Crippen LogP contribution in [0.1, 0.15) is 72.6 Å². The molecule has 3 fully saturated rings. The zero-order valence-corrected chi connectivity index (χ0v) is 21.4. The monoisotopic (exact) mass is 526 g/mol. The molecule has 9 nitrogen and oxygen atoms in total. The van der Waals surface area contributed by atoms with Crippen LogP contribution in [0.15, 0.2) is 0 Å². The summed E-state index contributed by atoms with van der Waals surface area (Å²) in [6, 6.07) is 0. The molecule has 0 aromatic heterocycles. The van der Waals surface area contributed by atoms with E-state index in [0.717, 1.165) is 31.6 Å². The van der Waals surface area contributed by atoms with Crippen molar-refractivity contribution in [2.45, 2.75) is 102 Å². The third-order valence-electron chi connectivity index (χ3n) is 7.16. The number of halogens is 2. The summed E-state index contributed by atoms with van der Waals surface area (Å²) in [7, 11) is -5.97. The smallest absolute Gasteiger partial charge is 0.462 e. The van der Waals surface area contributed by atoms with Gasteiger partial charge < -0.3 is 18.9 Å². The van der Waals surface area contributed by atoms with Crippen molar-refractivity contribution in [1.29, 1.82) is 0 Å². The molecule has 1 heterocycles. The van der Waals surface area contributed by atoms with E-state index in [9.17, 15) is 26.8 Å². The Hall–Kier alpha value is -1.37. The van der Waals surface area contributed by atoms with E-state index >= 15 is 0 Å². The molecule has 0 amide bonds. The normalized spacial score (nSPS) is 33.3. The molecule has 4 atom stereocenters. The highest BCUT2D eigenvalue weighted by Gasteiger charge is 2.54. The molecule has 0 aromatic carbocycles. The van der Waals surface area contributed by atoms with E-state index in [1.54, 1.807) is 13.8 Å². The molecule has 1 saturated heterocycles. The third kappa shape index (κ3) is 7.33. The van der Waals surface area contributed by atoms with Crippen molar-refractivity contribution in [3.8, 4) is 0 Å². The van der Waals surface area contributed by atoms with Gasteiger partial charge in [0.1, 0.15) is 12.7 Å². The fraction of sp³-hybridized carbons (Fsp3) is 0.913. The molecule has 2 aliphatic carbocycles. The van der Waals surface area contributed by atoms with E-state index in [1.165, 1.54) is 6.42 Å². The highest BCUT2D eigenvalue weighted by molar-refractivity contribution is 7.87. The van der Waals surface area contributed by atoms with Crippen LogP contribution in [-0.4, -0.2) is 60.9 Å². The average Bonchev–Trinajstić information content (AvgIpc) is 2.69. The predicted octanol–water partition coefficient (Wildman–Crippen LogP) is 3.70. The summed E-state index contributed by atoms with van der Waals surface area (Å²) in [5.41, 5.74) is 0. The molecule has 202 valence electrons. The molecule has 0 radical (unpaired) electrons. The summed E-state index contributed by atoms with van der Waals surface area (Å²) in [5, 5.41) is -5.09. The van der Waals surface area contributed by atoms with Crippen LogP contribution in [0.5, 0.6) is 0 Å². The first-order chi connectivity index (χ1) is 16.1. The molecule has 1 N–H and O–H groups in total. The van der Waals surface area contributed by atoms with Crippen LogP contribution in [0.2, 0.25) is 0 Å². The van der Waals surface area contributed by atoms with E-state index < -0.39 is 51.9 Å². The van der Waals surface area contributed by atoms with E-state index in [2.05, 4.69) is 18.6 Å². The molecule has 4 unspecified atom stereocenters. The van der Waals surface area contributed by atoms with Gasteiger partial charge in [-0.3, -0.25) is 9.35 Å². The summed E-state index contributed by atoms with van der Waals surface area (Å²) in [6.45, 7) is 6.92. The number of ether oxygens (including phenoxy) is 4. The lowest BCUT2D eigenvalue weighted by molar-refractivity contribution is -0.305. The second-order valence-corrected chi connectivity index (χ2v) is 12.4. The molecule has 1 aliphatic heterocycles. The summed E-state index contributed by atoms with van der Waals surface area (Å²) in [6.07, 6.45) is 3.43. The minimum Gasteiger partial charge on any atom is -0.462 e. The molecular formula is C23H36F2O9S. The standard InChI is InChI=1S/C23H36F2O9S/c1-13(2)16-6-14-5-15(7-16)9-17(8-14)32-20(26)11-18-10-19(34-22(3,4)33-18)12-31-21(27)23(24,25)35(28,29)30/h13-19H,5-12H2,1-4H3,(H,28,29,30). The van der Waals surface area contributed by atoms with Crippen molar-refractivity contribution in [2.75, 3.05) is 6.61 Å². The SMILES string of the molecule is CC(C)C1CC2CC(CC(OC(=O)CC3CC(COC(=O)C(F)(F)S(=O)(=O)O)OC(C)(C)O3)C2)C1. The summed E-state index contributed by atoms with van der Waals surface area (Å²) >= 11 is 0. The first kappa shape index (κ1) is 28.2. The molecule has 35 heavy (non-hydrogen) atoms. The third-order valence-corrected chi connectivity index (χ3v) is 7.97. The van der Waals surface area contributed by atoms with Crippen LogP contribution in [0.3, 0.4) is 0 Å². The maximum absolute atomic E-state index is 13.4. The second-order valence-electron chi connectivity index (χ2n) is 10.9. The summed E-state index contributed by atoms with van der Waals surface area (Å²) in [4.78, 5) is 24.1. The number of fused-ring (bicyclic) bond motifs is 2. The Balaban J connectivity index is 1.51. The van der Waals surface area contributed by atoms with Crippen LogP contribution < -0.4 is 0 Å². The van der Waals surface area contributed by atoms with E-state index in [0.29, 0.717) is 17.8 Å². The van der Waals surface area contributed by atoms with E-state index in [-0.39, 0.29) is 18.9 Å². The van der Waals surface area contributed by atoms with Gasteiger partial charge in [-0.15, -0.1) is 0 Å². The molecule has 2 saturated carbocycles.